The van der Waals surface area contributed by atoms with Gasteiger partial charge in [-0.3, -0.25) is 4.79 Å². The van der Waals surface area contributed by atoms with E-state index in [0.29, 0.717) is 18.0 Å². The molecule has 2 rings (SSSR count). The summed E-state index contributed by atoms with van der Waals surface area (Å²) in [6.07, 6.45) is 0. The molecular formula is C19H24N2O5S. The summed E-state index contributed by atoms with van der Waals surface area (Å²) in [6, 6.07) is 12.7. The summed E-state index contributed by atoms with van der Waals surface area (Å²) in [4.78, 5) is 12.1. The minimum atomic E-state index is -3.55. The molecule has 0 bridgehead atoms. The Morgan fingerprint density at radius 2 is 1.52 bits per heavy atom. The van der Waals surface area contributed by atoms with Gasteiger partial charge in [-0.25, -0.2) is 13.1 Å². The van der Waals surface area contributed by atoms with Crippen LogP contribution in [0.5, 0.6) is 11.5 Å². The molecule has 7 nitrogen and oxygen atoms in total. The first-order valence-electron chi connectivity index (χ1n) is 8.58. The third-order valence-electron chi connectivity index (χ3n) is 3.34. The van der Waals surface area contributed by atoms with Gasteiger partial charge in [0, 0.05) is 11.7 Å². The van der Waals surface area contributed by atoms with Crippen LogP contribution in [-0.4, -0.2) is 33.6 Å². The molecule has 0 aliphatic rings. The highest BCUT2D eigenvalue weighted by Gasteiger charge is 2.15. The highest BCUT2D eigenvalue weighted by Crippen LogP contribution is 2.17. The molecule has 0 atom stereocenters. The molecule has 27 heavy (non-hydrogen) atoms. The van der Waals surface area contributed by atoms with E-state index in [0.717, 1.165) is 5.75 Å². The maximum atomic E-state index is 12.1. The molecule has 0 aliphatic heterocycles. The minimum Gasteiger partial charge on any atom is -0.494 e. The Balaban J connectivity index is 1.88. The molecule has 146 valence electrons. The Labute approximate surface area is 159 Å². The van der Waals surface area contributed by atoms with Gasteiger partial charge in [-0.2, -0.15) is 0 Å². The lowest BCUT2D eigenvalue weighted by atomic mass is 10.3. The molecule has 0 heterocycles. The number of carbonyl (C=O) groups is 1. The van der Waals surface area contributed by atoms with Gasteiger partial charge in [0.05, 0.1) is 11.5 Å². The molecule has 0 aliphatic carbocycles. The number of ether oxygens (including phenoxy) is 2. The van der Waals surface area contributed by atoms with Gasteiger partial charge in [-0.05, 0) is 69.3 Å². The third-order valence-corrected chi connectivity index (χ3v) is 5.02. The third kappa shape index (κ3) is 6.58. The van der Waals surface area contributed by atoms with Crippen LogP contribution in [0.4, 0.5) is 5.69 Å². The zero-order valence-electron chi connectivity index (χ0n) is 15.6. The van der Waals surface area contributed by atoms with Crippen LogP contribution in [0.1, 0.15) is 20.8 Å². The average molecular weight is 392 g/mol. The summed E-state index contributed by atoms with van der Waals surface area (Å²) in [5.41, 5.74) is 0.633. The number of benzene rings is 2. The lowest BCUT2D eigenvalue weighted by Crippen LogP contribution is -2.30. The van der Waals surface area contributed by atoms with Gasteiger partial charge in [-0.1, -0.05) is 0 Å². The SMILES string of the molecule is CCOc1ccc(NC(=O)COc2ccc(S(=O)(=O)NC(C)C)cc2)cc1. The predicted octanol–water partition coefficient (Wildman–Crippen LogP) is 2.79. The van der Waals surface area contributed by atoms with Gasteiger partial charge < -0.3 is 14.8 Å². The van der Waals surface area contributed by atoms with Crippen molar-refractivity contribution in [3.63, 3.8) is 0 Å². The van der Waals surface area contributed by atoms with Crippen LogP contribution < -0.4 is 19.5 Å². The lowest BCUT2D eigenvalue weighted by molar-refractivity contribution is -0.118. The Kier molecular flexibility index (Phi) is 7.20. The van der Waals surface area contributed by atoms with Crippen LogP contribution in [0.3, 0.4) is 0 Å². The largest absolute Gasteiger partial charge is 0.494 e. The van der Waals surface area contributed by atoms with E-state index >= 15 is 0 Å². The first kappa shape index (κ1) is 20.7. The van der Waals surface area contributed by atoms with E-state index in [4.69, 9.17) is 9.47 Å². The van der Waals surface area contributed by atoms with E-state index in [1.165, 1.54) is 24.3 Å². The van der Waals surface area contributed by atoms with E-state index in [1.54, 1.807) is 38.1 Å². The van der Waals surface area contributed by atoms with Crippen molar-refractivity contribution in [1.29, 1.82) is 0 Å². The van der Waals surface area contributed by atoms with Crippen molar-refractivity contribution in [3.8, 4) is 11.5 Å². The molecule has 0 spiro atoms. The number of nitrogens with one attached hydrogen (secondary N) is 2. The molecule has 1 amide bonds. The van der Waals surface area contributed by atoms with Gasteiger partial charge >= 0.3 is 0 Å². The number of hydrogen-bond donors (Lipinski definition) is 2. The van der Waals surface area contributed by atoms with E-state index in [2.05, 4.69) is 10.0 Å². The second-order valence-electron chi connectivity index (χ2n) is 6.04. The van der Waals surface area contributed by atoms with E-state index < -0.39 is 10.0 Å². The van der Waals surface area contributed by atoms with Crippen molar-refractivity contribution < 1.29 is 22.7 Å². The predicted molar refractivity (Wildman–Crippen MR) is 104 cm³/mol. The van der Waals surface area contributed by atoms with Crippen LogP contribution in [0.25, 0.3) is 0 Å². The molecular weight excluding hydrogens is 368 g/mol. The summed E-state index contributed by atoms with van der Waals surface area (Å²) in [5, 5.41) is 2.71. The Hall–Kier alpha value is -2.58. The number of rotatable bonds is 9. The van der Waals surface area contributed by atoms with Crippen molar-refractivity contribution in [1.82, 2.24) is 4.72 Å². The fourth-order valence-electron chi connectivity index (χ4n) is 2.24. The van der Waals surface area contributed by atoms with E-state index in [9.17, 15) is 13.2 Å². The minimum absolute atomic E-state index is 0.141. The van der Waals surface area contributed by atoms with Gasteiger partial charge in [0.15, 0.2) is 6.61 Å². The quantitative estimate of drug-likeness (QED) is 0.684. The summed E-state index contributed by atoms with van der Waals surface area (Å²) in [5.74, 6) is 0.812. The van der Waals surface area contributed by atoms with Crippen LogP contribution in [0.15, 0.2) is 53.4 Å². The summed E-state index contributed by atoms with van der Waals surface area (Å²) < 4.78 is 37.4. The highest BCUT2D eigenvalue weighted by atomic mass is 32.2. The highest BCUT2D eigenvalue weighted by molar-refractivity contribution is 7.89. The van der Waals surface area contributed by atoms with Gasteiger partial charge in [0.1, 0.15) is 11.5 Å². The lowest BCUT2D eigenvalue weighted by Gasteiger charge is -2.11. The number of sulfonamides is 1. The van der Waals surface area contributed by atoms with Crippen molar-refractivity contribution in [2.75, 3.05) is 18.5 Å². The summed E-state index contributed by atoms with van der Waals surface area (Å²) in [7, 11) is -3.55. The second kappa shape index (κ2) is 9.38. The maximum absolute atomic E-state index is 12.1. The molecule has 0 saturated heterocycles. The molecule has 0 radical (unpaired) electrons. The maximum Gasteiger partial charge on any atom is 0.262 e. The molecule has 0 aromatic heterocycles. The van der Waals surface area contributed by atoms with Crippen molar-refractivity contribution in [2.45, 2.75) is 31.7 Å². The standard InChI is InChI=1S/C19H24N2O5S/c1-4-25-16-7-5-15(6-8-16)20-19(22)13-26-17-9-11-18(12-10-17)27(23,24)21-14(2)3/h5-12,14,21H,4,13H2,1-3H3,(H,20,22). The Morgan fingerprint density at radius 3 is 2.07 bits per heavy atom. The smallest absolute Gasteiger partial charge is 0.262 e. The molecule has 0 saturated carbocycles. The summed E-state index contributed by atoms with van der Waals surface area (Å²) in [6.45, 7) is 5.78. The molecule has 2 aromatic carbocycles. The van der Waals surface area contributed by atoms with Crippen molar-refractivity contribution in [2.24, 2.45) is 0 Å². The Bertz CT molecular complexity index is 847. The van der Waals surface area contributed by atoms with Gasteiger partial charge in [0.25, 0.3) is 5.91 Å². The van der Waals surface area contributed by atoms with E-state index in [1.807, 2.05) is 6.92 Å². The summed E-state index contributed by atoms with van der Waals surface area (Å²) >= 11 is 0. The first-order chi connectivity index (χ1) is 12.8. The fraction of sp³-hybridized carbons (Fsp3) is 0.316. The number of anilines is 1. The van der Waals surface area contributed by atoms with Crippen molar-refractivity contribution in [3.05, 3.63) is 48.5 Å². The topological polar surface area (TPSA) is 93.7 Å². The molecule has 8 heteroatoms. The average Bonchev–Trinajstić information content (AvgIpc) is 2.61. The normalized spacial score (nSPS) is 11.3. The molecule has 0 unspecified atom stereocenters. The molecule has 2 aromatic rings. The van der Waals surface area contributed by atoms with Gasteiger partial charge in [0.2, 0.25) is 10.0 Å². The van der Waals surface area contributed by atoms with Gasteiger partial charge in [-0.15, -0.1) is 0 Å². The number of amides is 1. The number of hydrogen-bond acceptors (Lipinski definition) is 5. The van der Waals surface area contributed by atoms with Crippen LogP contribution in [-0.2, 0) is 14.8 Å². The van der Waals surface area contributed by atoms with Crippen LogP contribution in [0.2, 0.25) is 0 Å². The second-order valence-corrected chi connectivity index (χ2v) is 7.76. The zero-order valence-corrected chi connectivity index (χ0v) is 16.4. The zero-order chi connectivity index (χ0) is 19.9. The van der Waals surface area contributed by atoms with Crippen LogP contribution in [0, 0.1) is 0 Å². The molecule has 0 fully saturated rings. The molecule has 2 N–H and O–H groups in total. The monoisotopic (exact) mass is 392 g/mol. The van der Waals surface area contributed by atoms with E-state index in [-0.39, 0.29) is 23.5 Å². The number of carbonyl (C=O) groups excluding carboxylic acids is 1. The van der Waals surface area contributed by atoms with Crippen molar-refractivity contribution >= 4 is 21.6 Å². The Morgan fingerprint density at radius 1 is 0.963 bits per heavy atom. The fourth-order valence-corrected chi connectivity index (χ4v) is 3.49. The first-order valence-corrected chi connectivity index (χ1v) is 10.1. The van der Waals surface area contributed by atoms with Crippen LogP contribution >= 0.6 is 0 Å².